The van der Waals surface area contributed by atoms with Crippen LogP contribution in [-0.4, -0.2) is 39.3 Å². The van der Waals surface area contributed by atoms with E-state index in [0.29, 0.717) is 5.82 Å². The van der Waals surface area contributed by atoms with Gasteiger partial charge in [-0.05, 0) is 29.7 Å². The van der Waals surface area contributed by atoms with Gasteiger partial charge in [-0.15, -0.1) is 5.10 Å². The Hall–Kier alpha value is -2.90. The number of aromatic amines is 1. The Morgan fingerprint density at radius 2 is 1.92 bits per heavy atom. The van der Waals surface area contributed by atoms with Crippen molar-refractivity contribution in [2.45, 2.75) is 13.8 Å². The second kappa shape index (κ2) is 5.63. The van der Waals surface area contributed by atoms with Crippen LogP contribution in [0.5, 0.6) is 5.75 Å². The molecule has 24 heavy (non-hydrogen) atoms. The first kappa shape index (κ1) is 16.0. The summed E-state index contributed by atoms with van der Waals surface area (Å²) in [6.07, 6.45) is 0. The van der Waals surface area contributed by atoms with Crippen molar-refractivity contribution in [1.82, 2.24) is 15.2 Å². The summed E-state index contributed by atoms with van der Waals surface area (Å²) in [5, 5.41) is 18.4. The molecule has 1 amide bonds. The van der Waals surface area contributed by atoms with Gasteiger partial charge in [0.1, 0.15) is 5.75 Å². The summed E-state index contributed by atoms with van der Waals surface area (Å²) in [5.74, 6) is -1.27. The predicted molar refractivity (Wildman–Crippen MR) is 85.4 cm³/mol. The number of carboxylic acids is 1. The third-order valence-corrected chi connectivity index (χ3v) is 4.46. The average Bonchev–Trinajstić information content (AvgIpc) is 2.89. The van der Waals surface area contributed by atoms with Crippen molar-refractivity contribution in [2.24, 2.45) is 17.3 Å². The SMILES string of the molecule is COc1ccc(-c2nc(NC(=O)[C@@H]3[C@H](C(=O)O)C3(C)C)n[nH]2)cc1. The van der Waals surface area contributed by atoms with Crippen LogP contribution in [-0.2, 0) is 9.59 Å². The molecule has 1 heterocycles. The predicted octanol–water partition coefficient (Wildman–Crippen LogP) is 1.78. The standard InChI is InChI=1S/C16H18N4O4/c1-16(2)10(11(16)14(22)23)13(21)18-15-17-12(19-20-15)8-4-6-9(24-3)7-5-8/h4-7,10-11H,1-3H3,(H,22,23)(H2,17,18,19,20,21)/t10-,11+/m0/s1. The van der Waals surface area contributed by atoms with Crippen LogP contribution in [0, 0.1) is 17.3 Å². The molecule has 1 aromatic heterocycles. The van der Waals surface area contributed by atoms with Crippen molar-refractivity contribution in [3.8, 4) is 17.1 Å². The number of methoxy groups -OCH3 is 1. The minimum atomic E-state index is -0.964. The fourth-order valence-corrected chi connectivity index (χ4v) is 2.97. The molecule has 2 aromatic rings. The van der Waals surface area contributed by atoms with Crippen molar-refractivity contribution in [3.05, 3.63) is 24.3 Å². The van der Waals surface area contributed by atoms with Crippen LogP contribution in [0.15, 0.2) is 24.3 Å². The number of rotatable bonds is 5. The van der Waals surface area contributed by atoms with Crippen molar-refractivity contribution in [2.75, 3.05) is 12.4 Å². The minimum absolute atomic E-state index is 0.123. The molecule has 8 nitrogen and oxygen atoms in total. The Balaban J connectivity index is 1.70. The smallest absolute Gasteiger partial charge is 0.307 e. The molecule has 0 saturated heterocycles. The van der Waals surface area contributed by atoms with Crippen LogP contribution in [0.1, 0.15) is 13.8 Å². The lowest BCUT2D eigenvalue weighted by Gasteiger charge is -2.01. The van der Waals surface area contributed by atoms with Gasteiger partial charge < -0.3 is 9.84 Å². The third kappa shape index (κ3) is 2.70. The molecule has 0 aliphatic heterocycles. The second-order valence-electron chi connectivity index (χ2n) is 6.34. The number of anilines is 1. The van der Waals surface area contributed by atoms with E-state index in [0.717, 1.165) is 11.3 Å². The van der Waals surface area contributed by atoms with Crippen LogP contribution in [0.3, 0.4) is 0 Å². The highest BCUT2D eigenvalue weighted by Gasteiger charge is 2.66. The van der Waals surface area contributed by atoms with E-state index < -0.39 is 23.2 Å². The van der Waals surface area contributed by atoms with Crippen LogP contribution in [0.4, 0.5) is 5.95 Å². The molecule has 1 saturated carbocycles. The Bertz CT molecular complexity index is 782. The highest BCUT2D eigenvalue weighted by Crippen LogP contribution is 2.58. The number of H-pyrrole nitrogens is 1. The van der Waals surface area contributed by atoms with Crippen molar-refractivity contribution >= 4 is 17.8 Å². The Kier molecular flexibility index (Phi) is 3.75. The molecule has 2 atom stereocenters. The summed E-state index contributed by atoms with van der Waals surface area (Å²) in [5.41, 5.74) is 0.226. The number of nitrogens with zero attached hydrogens (tertiary/aromatic N) is 2. The van der Waals surface area contributed by atoms with E-state index in [1.165, 1.54) is 0 Å². The monoisotopic (exact) mass is 330 g/mol. The number of carbonyl (C=O) groups excluding carboxylic acids is 1. The molecule has 3 N–H and O–H groups in total. The largest absolute Gasteiger partial charge is 0.497 e. The van der Waals surface area contributed by atoms with E-state index in [1.807, 2.05) is 12.1 Å². The van der Waals surface area contributed by atoms with Gasteiger partial charge >= 0.3 is 5.97 Å². The number of aromatic nitrogens is 3. The van der Waals surface area contributed by atoms with Gasteiger partial charge in [-0.3, -0.25) is 20.0 Å². The molecule has 8 heteroatoms. The molecule has 126 valence electrons. The molecule has 0 radical (unpaired) electrons. The maximum Gasteiger partial charge on any atom is 0.307 e. The molecule has 1 fully saturated rings. The molecule has 3 rings (SSSR count). The van der Waals surface area contributed by atoms with Crippen molar-refractivity contribution in [1.29, 1.82) is 0 Å². The zero-order chi connectivity index (χ0) is 17.5. The average molecular weight is 330 g/mol. The third-order valence-electron chi connectivity index (χ3n) is 4.46. The second-order valence-corrected chi connectivity index (χ2v) is 6.34. The first-order chi connectivity index (χ1) is 11.3. The normalized spacial score (nSPS) is 21.1. The molecule has 0 bridgehead atoms. The van der Waals surface area contributed by atoms with Crippen LogP contribution >= 0.6 is 0 Å². The molecular formula is C16H18N4O4. The highest BCUT2D eigenvalue weighted by atomic mass is 16.5. The number of aliphatic carboxylic acids is 1. The fraction of sp³-hybridized carbons (Fsp3) is 0.375. The van der Waals surface area contributed by atoms with Crippen LogP contribution < -0.4 is 10.1 Å². The van der Waals surface area contributed by atoms with Crippen LogP contribution in [0.25, 0.3) is 11.4 Å². The maximum atomic E-state index is 12.2. The van der Waals surface area contributed by atoms with E-state index >= 15 is 0 Å². The van der Waals surface area contributed by atoms with Crippen LogP contribution in [0.2, 0.25) is 0 Å². The molecule has 1 aromatic carbocycles. The molecule has 1 aliphatic carbocycles. The lowest BCUT2D eigenvalue weighted by Crippen LogP contribution is -2.18. The minimum Gasteiger partial charge on any atom is -0.497 e. The topological polar surface area (TPSA) is 117 Å². The quantitative estimate of drug-likeness (QED) is 0.769. The number of nitrogens with one attached hydrogen (secondary N) is 2. The summed E-state index contributed by atoms with van der Waals surface area (Å²) < 4.78 is 5.09. The number of hydrogen-bond acceptors (Lipinski definition) is 5. The van der Waals surface area contributed by atoms with E-state index in [9.17, 15) is 9.59 Å². The van der Waals surface area contributed by atoms with Gasteiger partial charge in [0, 0.05) is 5.56 Å². The molecule has 0 spiro atoms. The molecule has 0 unspecified atom stereocenters. The lowest BCUT2D eigenvalue weighted by molar-refractivity contribution is -0.140. The Morgan fingerprint density at radius 1 is 1.25 bits per heavy atom. The summed E-state index contributed by atoms with van der Waals surface area (Å²) in [6.45, 7) is 3.52. The van der Waals surface area contributed by atoms with Gasteiger partial charge in [-0.2, -0.15) is 4.98 Å². The van der Waals surface area contributed by atoms with E-state index in [-0.39, 0.29) is 11.9 Å². The van der Waals surface area contributed by atoms with Gasteiger partial charge in [0.05, 0.1) is 18.9 Å². The van der Waals surface area contributed by atoms with Gasteiger partial charge in [0.25, 0.3) is 0 Å². The highest BCUT2D eigenvalue weighted by molar-refractivity contribution is 5.98. The lowest BCUT2D eigenvalue weighted by atomic mass is 10.1. The Labute approximate surface area is 138 Å². The first-order valence-electron chi connectivity index (χ1n) is 7.45. The number of benzene rings is 1. The van der Waals surface area contributed by atoms with Crippen molar-refractivity contribution in [3.63, 3.8) is 0 Å². The number of hydrogen-bond donors (Lipinski definition) is 3. The van der Waals surface area contributed by atoms with Crippen molar-refractivity contribution < 1.29 is 19.4 Å². The number of carboxylic acid groups (broad SMARTS) is 1. The molecular weight excluding hydrogens is 312 g/mol. The summed E-state index contributed by atoms with van der Waals surface area (Å²) in [7, 11) is 1.58. The summed E-state index contributed by atoms with van der Waals surface area (Å²) in [6, 6.07) is 7.21. The van der Waals surface area contributed by atoms with E-state index in [4.69, 9.17) is 9.84 Å². The number of amides is 1. The van der Waals surface area contributed by atoms with Gasteiger partial charge in [-0.1, -0.05) is 13.8 Å². The van der Waals surface area contributed by atoms with Gasteiger partial charge in [0.2, 0.25) is 11.9 Å². The van der Waals surface area contributed by atoms with Gasteiger partial charge in [-0.25, -0.2) is 0 Å². The molecule has 1 aliphatic rings. The maximum absolute atomic E-state index is 12.2. The summed E-state index contributed by atoms with van der Waals surface area (Å²) >= 11 is 0. The number of ether oxygens (including phenoxy) is 1. The zero-order valence-corrected chi connectivity index (χ0v) is 13.5. The first-order valence-corrected chi connectivity index (χ1v) is 7.45. The summed E-state index contributed by atoms with van der Waals surface area (Å²) in [4.78, 5) is 27.6. The fourth-order valence-electron chi connectivity index (χ4n) is 2.97. The zero-order valence-electron chi connectivity index (χ0n) is 13.5. The van der Waals surface area contributed by atoms with E-state index in [2.05, 4.69) is 20.5 Å². The Morgan fingerprint density at radius 3 is 2.46 bits per heavy atom. The van der Waals surface area contributed by atoms with E-state index in [1.54, 1.807) is 33.1 Å². The number of carbonyl (C=O) groups is 2. The van der Waals surface area contributed by atoms with Gasteiger partial charge in [0.15, 0.2) is 5.82 Å².